The molecule has 88 valence electrons. The summed E-state index contributed by atoms with van der Waals surface area (Å²) in [6.07, 6.45) is 2.18. The van der Waals surface area contributed by atoms with Crippen molar-refractivity contribution in [3.8, 4) is 0 Å². The number of hydrogen-bond acceptors (Lipinski definition) is 3. The molecule has 0 aliphatic rings. The lowest BCUT2D eigenvalue weighted by atomic mass is 10.0. The Labute approximate surface area is 105 Å². The van der Waals surface area contributed by atoms with E-state index in [1.54, 1.807) is 6.08 Å². The van der Waals surface area contributed by atoms with Gasteiger partial charge in [0, 0.05) is 23.2 Å². The Morgan fingerprint density at radius 3 is 2.75 bits per heavy atom. The van der Waals surface area contributed by atoms with Crippen LogP contribution in [0, 0.1) is 10.1 Å². The minimum absolute atomic E-state index is 0. The van der Waals surface area contributed by atoms with Gasteiger partial charge in [0.2, 0.25) is 0 Å². The Morgan fingerprint density at radius 2 is 2.25 bits per heavy atom. The first kappa shape index (κ1) is 14.9. The SMILES string of the molecule is C=CC[C@H](N)c1cc([N+](=O)[O-])ccc1Cl.Cl. The minimum atomic E-state index is -0.472. The van der Waals surface area contributed by atoms with Crippen molar-refractivity contribution in [1.29, 1.82) is 0 Å². The van der Waals surface area contributed by atoms with Crippen molar-refractivity contribution in [2.24, 2.45) is 5.73 Å². The normalized spacial score (nSPS) is 11.4. The highest BCUT2D eigenvalue weighted by Gasteiger charge is 2.14. The van der Waals surface area contributed by atoms with E-state index in [9.17, 15) is 10.1 Å². The van der Waals surface area contributed by atoms with E-state index >= 15 is 0 Å². The van der Waals surface area contributed by atoms with Crippen LogP contribution in [0.25, 0.3) is 0 Å². The van der Waals surface area contributed by atoms with Crippen LogP contribution in [0.2, 0.25) is 5.02 Å². The van der Waals surface area contributed by atoms with Gasteiger partial charge in [-0.15, -0.1) is 19.0 Å². The van der Waals surface area contributed by atoms with Gasteiger partial charge in [0.25, 0.3) is 5.69 Å². The molecule has 0 fully saturated rings. The second-order valence-corrected chi connectivity index (χ2v) is 3.50. The summed E-state index contributed by atoms with van der Waals surface area (Å²) in [7, 11) is 0. The molecule has 0 aliphatic carbocycles. The van der Waals surface area contributed by atoms with Crippen LogP contribution in [0.3, 0.4) is 0 Å². The molecular formula is C10H12Cl2N2O2. The lowest BCUT2D eigenvalue weighted by Crippen LogP contribution is -2.10. The summed E-state index contributed by atoms with van der Waals surface area (Å²) in [5, 5.41) is 11.0. The first-order valence-corrected chi connectivity index (χ1v) is 4.74. The van der Waals surface area contributed by atoms with Gasteiger partial charge in [-0.2, -0.15) is 0 Å². The molecule has 0 heterocycles. The summed E-state index contributed by atoms with van der Waals surface area (Å²) >= 11 is 5.89. The molecule has 0 unspecified atom stereocenters. The Hall–Kier alpha value is -1.10. The number of hydrogen-bond donors (Lipinski definition) is 1. The van der Waals surface area contributed by atoms with Crippen LogP contribution in [-0.4, -0.2) is 4.92 Å². The molecule has 2 N–H and O–H groups in total. The summed E-state index contributed by atoms with van der Waals surface area (Å²) in [5.41, 5.74) is 6.37. The fraction of sp³-hybridized carbons (Fsp3) is 0.200. The van der Waals surface area contributed by atoms with Crippen molar-refractivity contribution in [3.05, 3.63) is 51.6 Å². The van der Waals surface area contributed by atoms with Gasteiger partial charge in [0.05, 0.1) is 4.92 Å². The number of nitro groups is 1. The van der Waals surface area contributed by atoms with E-state index in [0.717, 1.165) is 0 Å². The zero-order valence-electron chi connectivity index (χ0n) is 8.43. The summed E-state index contributed by atoms with van der Waals surface area (Å²) in [5.74, 6) is 0. The Balaban J connectivity index is 0.00000225. The zero-order valence-corrected chi connectivity index (χ0v) is 10.0. The molecule has 16 heavy (non-hydrogen) atoms. The maximum absolute atomic E-state index is 10.5. The van der Waals surface area contributed by atoms with Crippen LogP contribution in [0.4, 0.5) is 5.69 Å². The zero-order chi connectivity index (χ0) is 11.4. The standard InChI is InChI=1S/C10H11ClN2O2.ClH/c1-2-3-10(12)8-6-7(13(14)15)4-5-9(8)11;/h2,4-6,10H,1,3,12H2;1H/t10-;/m0./s1. The van der Waals surface area contributed by atoms with Crippen LogP contribution in [-0.2, 0) is 0 Å². The van der Waals surface area contributed by atoms with Gasteiger partial charge in [-0.1, -0.05) is 17.7 Å². The third kappa shape index (κ3) is 3.48. The molecular weight excluding hydrogens is 251 g/mol. The highest BCUT2D eigenvalue weighted by molar-refractivity contribution is 6.31. The van der Waals surface area contributed by atoms with E-state index in [1.165, 1.54) is 18.2 Å². The van der Waals surface area contributed by atoms with Gasteiger partial charge in [-0.05, 0) is 18.1 Å². The van der Waals surface area contributed by atoms with Crippen LogP contribution in [0.15, 0.2) is 30.9 Å². The maximum Gasteiger partial charge on any atom is 0.269 e. The molecule has 1 atom stereocenters. The number of halogens is 2. The van der Waals surface area contributed by atoms with E-state index in [2.05, 4.69) is 6.58 Å². The third-order valence-corrected chi connectivity index (χ3v) is 2.35. The van der Waals surface area contributed by atoms with Crippen molar-refractivity contribution in [2.45, 2.75) is 12.5 Å². The van der Waals surface area contributed by atoms with E-state index in [1.807, 2.05) is 0 Å². The van der Waals surface area contributed by atoms with Crippen LogP contribution in [0.5, 0.6) is 0 Å². The average molecular weight is 263 g/mol. The number of nitro benzene ring substituents is 1. The minimum Gasteiger partial charge on any atom is -0.324 e. The van der Waals surface area contributed by atoms with Gasteiger partial charge in [0.1, 0.15) is 0 Å². The van der Waals surface area contributed by atoms with E-state index in [4.69, 9.17) is 17.3 Å². The predicted molar refractivity (Wildman–Crippen MR) is 67.1 cm³/mol. The topological polar surface area (TPSA) is 69.2 Å². The summed E-state index contributed by atoms with van der Waals surface area (Å²) in [6, 6.07) is 3.89. The van der Waals surface area contributed by atoms with E-state index < -0.39 is 4.92 Å². The number of benzene rings is 1. The second kappa shape index (κ2) is 6.48. The lowest BCUT2D eigenvalue weighted by Gasteiger charge is -2.10. The van der Waals surface area contributed by atoms with Gasteiger partial charge < -0.3 is 5.73 Å². The molecule has 0 saturated carbocycles. The molecule has 0 saturated heterocycles. The van der Waals surface area contributed by atoms with E-state index in [-0.39, 0.29) is 24.1 Å². The smallest absolute Gasteiger partial charge is 0.269 e. The van der Waals surface area contributed by atoms with E-state index in [0.29, 0.717) is 17.0 Å². The van der Waals surface area contributed by atoms with Crippen molar-refractivity contribution in [2.75, 3.05) is 0 Å². The fourth-order valence-corrected chi connectivity index (χ4v) is 1.49. The molecule has 1 aromatic carbocycles. The Morgan fingerprint density at radius 1 is 1.62 bits per heavy atom. The van der Waals surface area contributed by atoms with Crippen molar-refractivity contribution in [1.82, 2.24) is 0 Å². The number of non-ortho nitro benzene ring substituents is 1. The molecule has 4 nitrogen and oxygen atoms in total. The fourth-order valence-electron chi connectivity index (χ4n) is 1.24. The summed E-state index contributed by atoms with van der Waals surface area (Å²) in [4.78, 5) is 10.1. The lowest BCUT2D eigenvalue weighted by molar-refractivity contribution is -0.384. The van der Waals surface area contributed by atoms with Crippen molar-refractivity contribution in [3.63, 3.8) is 0 Å². The quantitative estimate of drug-likeness (QED) is 0.515. The molecule has 0 aromatic heterocycles. The average Bonchev–Trinajstić information content (AvgIpc) is 2.18. The monoisotopic (exact) mass is 262 g/mol. The van der Waals surface area contributed by atoms with Crippen LogP contribution < -0.4 is 5.73 Å². The maximum atomic E-state index is 10.5. The van der Waals surface area contributed by atoms with Gasteiger partial charge in [0.15, 0.2) is 0 Å². The molecule has 0 aliphatic heterocycles. The van der Waals surface area contributed by atoms with Crippen LogP contribution in [0.1, 0.15) is 18.0 Å². The molecule has 0 bridgehead atoms. The molecule has 0 amide bonds. The summed E-state index contributed by atoms with van der Waals surface area (Å²) in [6.45, 7) is 3.56. The van der Waals surface area contributed by atoms with Crippen LogP contribution >= 0.6 is 24.0 Å². The third-order valence-electron chi connectivity index (χ3n) is 2.01. The second-order valence-electron chi connectivity index (χ2n) is 3.09. The number of rotatable bonds is 4. The summed E-state index contributed by atoms with van der Waals surface area (Å²) < 4.78 is 0. The molecule has 6 heteroatoms. The first-order chi connectivity index (χ1) is 7.06. The Bertz CT molecular complexity index is 396. The van der Waals surface area contributed by atoms with Crippen molar-refractivity contribution >= 4 is 29.7 Å². The highest BCUT2D eigenvalue weighted by Crippen LogP contribution is 2.27. The predicted octanol–water partition coefficient (Wildman–Crippen LogP) is 3.25. The first-order valence-electron chi connectivity index (χ1n) is 4.36. The Kier molecular flexibility index (Phi) is 6.03. The number of nitrogens with zero attached hydrogens (tertiary/aromatic N) is 1. The molecule has 0 radical (unpaired) electrons. The highest BCUT2D eigenvalue weighted by atomic mass is 35.5. The van der Waals surface area contributed by atoms with Crippen molar-refractivity contribution < 1.29 is 4.92 Å². The number of nitrogens with two attached hydrogens (primary N) is 1. The molecule has 0 spiro atoms. The molecule has 1 rings (SSSR count). The van der Waals surface area contributed by atoms with Gasteiger partial charge in [-0.3, -0.25) is 10.1 Å². The largest absolute Gasteiger partial charge is 0.324 e. The van der Waals surface area contributed by atoms with Gasteiger partial charge in [-0.25, -0.2) is 0 Å². The van der Waals surface area contributed by atoms with Gasteiger partial charge >= 0.3 is 0 Å². The molecule has 1 aromatic rings.